The van der Waals surface area contributed by atoms with Gasteiger partial charge in [-0.15, -0.1) is 0 Å². The normalized spacial score (nSPS) is 21.9. The fourth-order valence-electron chi connectivity index (χ4n) is 4.33. The van der Waals surface area contributed by atoms with Crippen molar-refractivity contribution in [1.82, 2.24) is 4.90 Å². The summed E-state index contributed by atoms with van der Waals surface area (Å²) in [6, 6.07) is 13.4. The lowest BCUT2D eigenvalue weighted by Gasteiger charge is -2.35. The number of ether oxygens (including phenoxy) is 2. The van der Waals surface area contributed by atoms with E-state index in [1.165, 1.54) is 0 Å². The molecule has 5 rings (SSSR count). The van der Waals surface area contributed by atoms with Crippen molar-refractivity contribution in [2.75, 3.05) is 42.7 Å². The molecule has 0 radical (unpaired) electrons. The number of carbonyl (C=O) groups is 1. The molecule has 3 heterocycles. The van der Waals surface area contributed by atoms with Crippen molar-refractivity contribution in [3.63, 3.8) is 0 Å². The van der Waals surface area contributed by atoms with Gasteiger partial charge in [-0.3, -0.25) is 4.79 Å². The van der Waals surface area contributed by atoms with E-state index in [9.17, 15) is 4.79 Å². The first kappa shape index (κ1) is 19.5. The predicted molar refractivity (Wildman–Crippen MR) is 122 cm³/mol. The molecular weight excluding hydrogens is 392 g/mol. The Kier molecular flexibility index (Phi) is 4.63. The predicted octanol–water partition coefficient (Wildman–Crippen LogP) is 3.70. The molecule has 4 N–H and O–H groups in total. The SMILES string of the molecule is CC1(C)O/C(=C2/C(=O)Nc3cc(Nc4cccc(N)c4)ccc32)C=C1N1CCOCC1. The van der Waals surface area contributed by atoms with Gasteiger partial charge in [0.15, 0.2) is 0 Å². The van der Waals surface area contributed by atoms with Crippen LogP contribution in [0.5, 0.6) is 0 Å². The molecule has 0 atom stereocenters. The summed E-state index contributed by atoms with van der Waals surface area (Å²) >= 11 is 0. The van der Waals surface area contributed by atoms with Crippen LogP contribution < -0.4 is 16.4 Å². The Morgan fingerprint density at radius 1 is 1.10 bits per heavy atom. The minimum atomic E-state index is -0.503. The van der Waals surface area contributed by atoms with Crippen LogP contribution in [0, 0.1) is 0 Å². The number of anilines is 4. The highest BCUT2D eigenvalue weighted by atomic mass is 16.5. The Morgan fingerprint density at radius 3 is 2.65 bits per heavy atom. The first-order chi connectivity index (χ1) is 14.9. The largest absolute Gasteiger partial charge is 0.481 e. The second-order valence-corrected chi connectivity index (χ2v) is 8.45. The molecule has 31 heavy (non-hydrogen) atoms. The molecule has 7 heteroatoms. The smallest absolute Gasteiger partial charge is 0.260 e. The first-order valence-electron chi connectivity index (χ1n) is 10.5. The van der Waals surface area contributed by atoms with Crippen LogP contribution in [0.3, 0.4) is 0 Å². The first-order valence-corrected chi connectivity index (χ1v) is 10.5. The number of nitrogens with one attached hydrogen (secondary N) is 2. The Labute approximate surface area is 181 Å². The lowest BCUT2D eigenvalue weighted by Crippen LogP contribution is -2.41. The van der Waals surface area contributed by atoms with Gasteiger partial charge in [0.05, 0.1) is 30.2 Å². The molecule has 0 saturated carbocycles. The van der Waals surface area contributed by atoms with E-state index in [0.29, 0.717) is 30.2 Å². The quantitative estimate of drug-likeness (QED) is 0.520. The number of amides is 1. The van der Waals surface area contributed by atoms with Gasteiger partial charge < -0.3 is 30.7 Å². The second kappa shape index (κ2) is 7.35. The van der Waals surface area contributed by atoms with Gasteiger partial charge in [-0.2, -0.15) is 0 Å². The number of benzene rings is 2. The van der Waals surface area contributed by atoms with Gasteiger partial charge in [0.2, 0.25) is 0 Å². The van der Waals surface area contributed by atoms with Gasteiger partial charge in [0.25, 0.3) is 5.91 Å². The zero-order chi connectivity index (χ0) is 21.6. The minimum absolute atomic E-state index is 0.151. The molecule has 0 bridgehead atoms. The maximum Gasteiger partial charge on any atom is 0.260 e. The summed E-state index contributed by atoms with van der Waals surface area (Å²) in [5.74, 6) is 0.459. The van der Waals surface area contributed by atoms with E-state index in [2.05, 4.69) is 15.5 Å². The molecule has 7 nitrogen and oxygen atoms in total. The molecule has 0 unspecified atom stereocenters. The number of hydrogen-bond donors (Lipinski definition) is 3. The summed E-state index contributed by atoms with van der Waals surface area (Å²) in [6.45, 7) is 7.12. The molecule has 0 aromatic heterocycles. The van der Waals surface area contributed by atoms with Crippen LogP contribution in [0.4, 0.5) is 22.7 Å². The van der Waals surface area contributed by atoms with Crippen molar-refractivity contribution >= 4 is 34.2 Å². The minimum Gasteiger partial charge on any atom is -0.481 e. The average Bonchev–Trinajstić information content (AvgIpc) is 3.23. The van der Waals surface area contributed by atoms with Gasteiger partial charge in [-0.1, -0.05) is 6.07 Å². The van der Waals surface area contributed by atoms with E-state index in [1.807, 2.05) is 62.4 Å². The molecular formula is C24H26N4O3. The molecule has 3 aliphatic rings. The van der Waals surface area contributed by atoms with E-state index in [4.69, 9.17) is 15.2 Å². The number of rotatable bonds is 3. The number of nitrogen functional groups attached to an aromatic ring is 1. The van der Waals surface area contributed by atoms with Crippen LogP contribution in [0.15, 0.2) is 60.0 Å². The fourth-order valence-corrected chi connectivity index (χ4v) is 4.33. The van der Waals surface area contributed by atoms with Crippen LogP contribution in [-0.2, 0) is 14.3 Å². The maximum absolute atomic E-state index is 12.9. The molecule has 1 amide bonds. The van der Waals surface area contributed by atoms with Gasteiger partial charge >= 0.3 is 0 Å². The van der Waals surface area contributed by atoms with E-state index in [0.717, 1.165) is 41.4 Å². The average molecular weight is 418 g/mol. The third-order valence-corrected chi connectivity index (χ3v) is 5.79. The molecule has 1 fully saturated rings. The van der Waals surface area contributed by atoms with Gasteiger partial charge in [-0.05, 0) is 50.2 Å². The van der Waals surface area contributed by atoms with Crippen molar-refractivity contribution in [3.8, 4) is 0 Å². The third-order valence-electron chi connectivity index (χ3n) is 5.79. The number of carbonyl (C=O) groups excluding carboxylic acids is 1. The fraction of sp³-hybridized carbons (Fsp3) is 0.292. The maximum atomic E-state index is 12.9. The van der Waals surface area contributed by atoms with Crippen LogP contribution in [0.25, 0.3) is 5.57 Å². The highest BCUT2D eigenvalue weighted by Gasteiger charge is 2.40. The van der Waals surface area contributed by atoms with E-state index >= 15 is 0 Å². The monoisotopic (exact) mass is 418 g/mol. The summed E-state index contributed by atoms with van der Waals surface area (Å²) in [4.78, 5) is 15.2. The molecule has 0 spiro atoms. The highest BCUT2D eigenvalue weighted by molar-refractivity contribution is 6.32. The number of nitrogens with two attached hydrogens (primary N) is 1. The van der Waals surface area contributed by atoms with Crippen molar-refractivity contribution in [3.05, 3.63) is 65.6 Å². The second-order valence-electron chi connectivity index (χ2n) is 8.45. The van der Waals surface area contributed by atoms with E-state index in [-0.39, 0.29) is 5.91 Å². The number of fused-ring (bicyclic) bond motifs is 1. The van der Waals surface area contributed by atoms with Crippen LogP contribution in [0.1, 0.15) is 19.4 Å². The summed E-state index contributed by atoms with van der Waals surface area (Å²) < 4.78 is 11.8. The molecule has 2 aromatic rings. The molecule has 2 aromatic carbocycles. The Balaban J connectivity index is 1.47. The van der Waals surface area contributed by atoms with E-state index in [1.54, 1.807) is 0 Å². The van der Waals surface area contributed by atoms with Gasteiger partial charge in [0, 0.05) is 41.8 Å². The van der Waals surface area contributed by atoms with Gasteiger partial charge in [0.1, 0.15) is 11.4 Å². The lowest BCUT2D eigenvalue weighted by molar-refractivity contribution is -0.111. The molecule has 1 saturated heterocycles. The van der Waals surface area contributed by atoms with Crippen molar-refractivity contribution < 1.29 is 14.3 Å². The molecule has 0 aliphatic carbocycles. The standard InChI is InChI=1S/C24H26N4O3/c1-24(2)21(28-8-10-30-11-9-28)14-20(31-24)22-18-7-6-17(13-19(18)27-23(22)29)26-16-5-3-4-15(25)12-16/h3-7,12-14,26H,8-11,25H2,1-2H3,(H,27,29)/b22-20+. The van der Waals surface area contributed by atoms with Gasteiger partial charge in [-0.25, -0.2) is 0 Å². The topological polar surface area (TPSA) is 88.8 Å². The number of morpholine rings is 1. The van der Waals surface area contributed by atoms with Crippen LogP contribution in [0.2, 0.25) is 0 Å². The summed E-state index contributed by atoms with van der Waals surface area (Å²) in [5, 5.41) is 6.31. The van der Waals surface area contributed by atoms with E-state index < -0.39 is 5.60 Å². The molecule has 3 aliphatic heterocycles. The summed E-state index contributed by atoms with van der Waals surface area (Å²) in [6.07, 6.45) is 2.01. The lowest BCUT2D eigenvalue weighted by atomic mass is 10.0. The Bertz CT molecular complexity index is 1110. The third kappa shape index (κ3) is 3.61. The van der Waals surface area contributed by atoms with Crippen molar-refractivity contribution in [1.29, 1.82) is 0 Å². The summed E-state index contributed by atoms with van der Waals surface area (Å²) in [7, 11) is 0. The summed E-state index contributed by atoms with van der Waals surface area (Å²) in [5.41, 5.74) is 11.1. The zero-order valence-corrected chi connectivity index (χ0v) is 17.7. The van der Waals surface area contributed by atoms with Crippen molar-refractivity contribution in [2.45, 2.75) is 19.4 Å². The Hall–Kier alpha value is -3.45. The number of allylic oxidation sites excluding steroid dienone is 1. The van der Waals surface area contributed by atoms with Crippen LogP contribution >= 0.6 is 0 Å². The van der Waals surface area contributed by atoms with Crippen molar-refractivity contribution in [2.24, 2.45) is 0 Å². The molecule has 160 valence electrons. The van der Waals surface area contributed by atoms with Crippen LogP contribution in [-0.4, -0.2) is 42.7 Å². The Morgan fingerprint density at radius 2 is 1.87 bits per heavy atom. The number of hydrogen-bond acceptors (Lipinski definition) is 6. The highest BCUT2D eigenvalue weighted by Crippen LogP contribution is 2.43. The zero-order valence-electron chi connectivity index (χ0n) is 17.7. The number of nitrogens with zero attached hydrogens (tertiary/aromatic N) is 1.